The molecule has 76 valence electrons. The Bertz CT molecular complexity index is 316. The third kappa shape index (κ3) is 1.94. The average molecular weight is 210 g/mol. The minimum absolute atomic E-state index is 0.469. The van der Waals surface area contributed by atoms with Gasteiger partial charge < -0.3 is 5.32 Å². The number of nitrogens with one attached hydrogen (secondary N) is 1. The van der Waals surface area contributed by atoms with Gasteiger partial charge in [0.1, 0.15) is 0 Å². The minimum Gasteiger partial charge on any atom is -0.310 e. The molecule has 0 aliphatic carbocycles. The summed E-state index contributed by atoms with van der Waals surface area (Å²) in [5.41, 5.74) is 2.45. The largest absolute Gasteiger partial charge is 0.310 e. The molecular weight excluding hydrogens is 194 g/mol. The van der Waals surface area contributed by atoms with E-state index in [0.29, 0.717) is 6.04 Å². The van der Waals surface area contributed by atoms with Crippen LogP contribution in [0, 0.1) is 6.92 Å². The second-order valence-electron chi connectivity index (χ2n) is 3.98. The number of rotatable bonds is 1. The van der Waals surface area contributed by atoms with Crippen molar-refractivity contribution in [2.75, 3.05) is 6.54 Å². The maximum absolute atomic E-state index is 6.29. The molecule has 2 rings (SSSR count). The molecule has 0 aromatic heterocycles. The highest BCUT2D eigenvalue weighted by atomic mass is 35.5. The van der Waals surface area contributed by atoms with Gasteiger partial charge in [0.15, 0.2) is 0 Å². The van der Waals surface area contributed by atoms with Gasteiger partial charge in [0, 0.05) is 11.1 Å². The van der Waals surface area contributed by atoms with E-state index in [9.17, 15) is 0 Å². The molecule has 0 amide bonds. The molecule has 1 heterocycles. The Kier molecular flexibility index (Phi) is 3.09. The highest BCUT2D eigenvalue weighted by Crippen LogP contribution is 2.30. The summed E-state index contributed by atoms with van der Waals surface area (Å²) in [5.74, 6) is 0. The predicted octanol–water partition coefficient (Wildman–Crippen LogP) is 3.46. The van der Waals surface area contributed by atoms with Crippen LogP contribution in [0.2, 0.25) is 5.02 Å². The van der Waals surface area contributed by atoms with Crippen LogP contribution >= 0.6 is 11.6 Å². The van der Waals surface area contributed by atoms with E-state index in [2.05, 4.69) is 30.4 Å². The van der Waals surface area contributed by atoms with Gasteiger partial charge >= 0.3 is 0 Å². The van der Waals surface area contributed by atoms with Gasteiger partial charge in [-0.2, -0.15) is 0 Å². The van der Waals surface area contributed by atoms with Crippen molar-refractivity contribution in [1.82, 2.24) is 5.32 Å². The first-order valence-electron chi connectivity index (χ1n) is 5.27. The van der Waals surface area contributed by atoms with Gasteiger partial charge in [-0.25, -0.2) is 0 Å². The molecule has 1 N–H and O–H groups in total. The summed E-state index contributed by atoms with van der Waals surface area (Å²) in [6.07, 6.45) is 3.81. The van der Waals surface area contributed by atoms with Crippen LogP contribution in [0.5, 0.6) is 0 Å². The summed E-state index contributed by atoms with van der Waals surface area (Å²) < 4.78 is 0. The van der Waals surface area contributed by atoms with Crippen molar-refractivity contribution in [3.63, 3.8) is 0 Å². The Balaban J connectivity index is 2.26. The Morgan fingerprint density at radius 3 is 2.93 bits per heavy atom. The molecule has 1 saturated heterocycles. The summed E-state index contributed by atoms with van der Waals surface area (Å²) >= 11 is 6.29. The predicted molar refractivity (Wildman–Crippen MR) is 60.8 cm³/mol. The Hall–Kier alpha value is -0.530. The van der Waals surface area contributed by atoms with Crippen molar-refractivity contribution in [2.45, 2.75) is 32.2 Å². The van der Waals surface area contributed by atoms with Crippen molar-refractivity contribution in [1.29, 1.82) is 0 Å². The molecule has 0 spiro atoms. The third-order valence-corrected chi connectivity index (χ3v) is 3.42. The summed E-state index contributed by atoms with van der Waals surface area (Å²) in [4.78, 5) is 0. The lowest BCUT2D eigenvalue weighted by molar-refractivity contribution is 0.412. The fourth-order valence-corrected chi connectivity index (χ4v) is 2.31. The topological polar surface area (TPSA) is 12.0 Å². The normalized spacial score (nSPS) is 22.3. The molecular formula is C12H16ClN. The van der Waals surface area contributed by atoms with Gasteiger partial charge in [0.2, 0.25) is 0 Å². The van der Waals surface area contributed by atoms with E-state index >= 15 is 0 Å². The van der Waals surface area contributed by atoms with Crippen molar-refractivity contribution in [3.8, 4) is 0 Å². The molecule has 1 aliphatic rings. The van der Waals surface area contributed by atoms with Crippen LogP contribution in [0.25, 0.3) is 0 Å². The summed E-state index contributed by atoms with van der Waals surface area (Å²) in [5, 5.41) is 4.46. The Morgan fingerprint density at radius 2 is 2.21 bits per heavy atom. The summed E-state index contributed by atoms with van der Waals surface area (Å²) in [7, 11) is 0. The van der Waals surface area contributed by atoms with Crippen LogP contribution in [0.4, 0.5) is 0 Å². The minimum atomic E-state index is 0.469. The van der Waals surface area contributed by atoms with Crippen LogP contribution in [-0.4, -0.2) is 6.54 Å². The van der Waals surface area contributed by atoms with E-state index in [1.807, 2.05) is 0 Å². The van der Waals surface area contributed by atoms with E-state index in [4.69, 9.17) is 11.6 Å². The molecule has 1 nitrogen and oxygen atoms in total. The van der Waals surface area contributed by atoms with E-state index < -0.39 is 0 Å². The van der Waals surface area contributed by atoms with Crippen molar-refractivity contribution in [3.05, 3.63) is 34.3 Å². The standard InChI is InChI=1S/C12H16ClN/c1-9-5-4-6-10(12(9)13)11-7-2-3-8-14-11/h4-6,11,14H,2-3,7-8H2,1H3. The monoisotopic (exact) mass is 209 g/mol. The molecule has 0 radical (unpaired) electrons. The lowest BCUT2D eigenvalue weighted by Crippen LogP contribution is -2.27. The molecule has 1 fully saturated rings. The first kappa shape index (κ1) is 10.0. The van der Waals surface area contributed by atoms with E-state index in [1.54, 1.807) is 0 Å². The number of halogens is 1. The number of aryl methyl sites for hydroxylation is 1. The zero-order valence-corrected chi connectivity index (χ0v) is 9.27. The molecule has 14 heavy (non-hydrogen) atoms. The molecule has 1 unspecified atom stereocenters. The number of hydrogen-bond donors (Lipinski definition) is 1. The van der Waals surface area contributed by atoms with E-state index in [0.717, 1.165) is 11.6 Å². The van der Waals surface area contributed by atoms with Gasteiger partial charge in [0.05, 0.1) is 0 Å². The zero-order valence-electron chi connectivity index (χ0n) is 8.52. The zero-order chi connectivity index (χ0) is 9.97. The number of hydrogen-bond acceptors (Lipinski definition) is 1. The number of piperidine rings is 1. The lowest BCUT2D eigenvalue weighted by Gasteiger charge is -2.25. The molecule has 2 heteroatoms. The maximum Gasteiger partial charge on any atom is 0.0482 e. The molecule has 0 bridgehead atoms. The first-order chi connectivity index (χ1) is 6.79. The van der Waals surface area contributed by atoms with Gasteiger partial charge in [-0.3, -0.25) is 0 Å². The Labute approximate surface area is 90.5 Å². The maximum atomic E-state index is 6.29. The van der Waals surface area contributed by atoms with Crippen molar-refractivity contribution >= 4 is 11.6 Å². The lowest BCUT2D eigenvalue weighted by atomic mass is 9.96. The number of benzene rings is 1. The molecule has 1 aromatic rings. The van der Waals surface area contributed by atoms with Gasteiger partial charge in [-0.05, 0) is 37.4 Å². The second-order valence-corrected chi connectivity index (χ2v) is 4.36. The van der Waals surface area contributed by atoms with E-state index in [1.165, 1.54) is 30.4 Å². The quantitative estimate of drug-likeness (QED) is 0.747. The van der Waals surface area contributed by atoms with Gasteiger partial charge in [0.25, 0.3) is 0 Å². The van der Waals surface area contributed by atoms with Gasteiger partial charge in [-0.1, -0.05) is 36.2 Å². The smallest absolute Gasteiger partial charge is 0.0482 e. The fraction of sp³-hybridized carbons (Fsp3) is 0.500. The second kappa shape index (κ2) is 4.33. The van der Waals surface area contributed by atoms with E-state index in [-0.39, 0.29) is 0 Å². The average Bonchev–Trinajstić information content (AvgIpc) is 2.23. The SMILES string of the molecule is Cc1cccc(C2CCCCN2)c1Cl. The molecule has 1 aliphatic heterocycles. The molecule has 0 saturated carbocycles. The molecule has 1 aromatic carbocycles. The highest BCUT2D eigenvalue weighted by Gasteiger charge is 2.17. The first-order valence-corrected chi connectivity index (χ1v) is 5.65. The van der Waals surface area contributed by atoms with Crippen LogP contribution in [0.1, 0.15) is 36.4 Å². The highest BCUT2D eigenvalue weighted by molar-refractivity contribution is 6.32. The third-order valence-electron chi connectivity index (χ3n) is 2.91. The molecule has 1 atom stereocenters. The summed E-state index contributed by atoms with van der Waals surface area (Å²) in [6.45, 7) is 3.18. The Morgan fingerprint density at radius 1 is 1.36 bits per heavy atom. The summed E-state index contributed by atoms with van der Waals surface area (Å²) in [6, 6.07) is 6.76. The van der Waals surface area contributed by atoms with Crippen LogP contribution in [0.15, 0.2) is 18.2 Å². The van der Waals surface area contributed by atoms with Crippen LogP contribution in [0.3, 0.4) is 0 Å². The van der Waals surface area contributed by atoms with Crippen LogP contribution < -0.4 is 5.32 Å². The fourth-order valence-electron chi connectivity index (χ4n) is 2.06. The van der Waals surface area contributed by atoms with Crippen molar-refractivity contribution in [2.24, 2.45) is 0 Å². The van der Waals surface area contributed by atoms with Crippen LogP contribution in [-0.2, 0) is 0 Å². The van der Waals surface area contributed by atoms with Gasteiger partial charge in [-0.15, -0.1) is 0 Å². The van der Waals surface area contributed by atoms with Crippen molar-refractivity contribution < 1.29 is 0 Å².